The van der Waals surface area contributed by atoms with Crippen molar-refractivity contribution in [2.45, 2.75) is 32.2 Å². The van der Waals surface area contributed by atoms with E-state index in [1.54, 1.807) is 30.4 Å². The number of halogens is 2. The molecule has 152 valence electrons. The highest BCUT2D eigenvalue weighted by Crippen LogP contribution is 2.28. The highest BCUT2D eigenvalue weighted by atomic mass is 35.5. The summed E-state index contributed by atoms with van der Waals surface area (Å²) in [4.78, 5) is 30.8. The zero-order chi connectivity index (χ0) is 21.3. The van der Waals surface area contributed by atoms with Gasteiger partial charge in [0, 0.05) is 24.5 Å². The standard InChI is InChI=1S/C21H22Cl2N4O2/c1-5-8-14(9-6-2)26-17(7-3)24-19-18(26)20(28)25(4)21(29)27(19)16-11-10-13(22)12-15(16)23/h5-6,10-12,14H,1-2,7-9H2,3-4H3. The lowest BCUT2D eigenvalue weighted by atomic mass is 10.1. The molecule has 0 aliphatic heterocycles. The van der Waals surface area contributed by atoms with Crippen LogP contribution >= 0.6 is 23.2 Å². The molecule has 6 nitrogen and oxygen atoms in total. The van der Waals surface area contributed by atoms with Gasteiger partial charge in [0.25, 0.3) is 5.56 Å². The zero-order valence-electron chi connectivity index (χ0n) is 16.4. The summed E-state index contributed by atoms with van der Waals surface area (Å²) in [6.07, 6.45) is 5.46. The average molecular weight is 433 g/mol. The molecule has 0 amide bonds. The number of imidazole rings is 1. The fourth-order valence-electron chi connectivity index (χ4n) is 3.52. The number of nitrogens with zero attached hydrogens (tertiary/aromatic N) is 4. The van der Waals surface area contributed by atoms with Crippen LogP contribution < -0.4 is 11.2 Å². The summed E-state index contributed by atoms with van der Waals surface area (Å²) in [5, 5.41) is 0.741. The molecule has 0 N–H and O–H groups in total. The Hall–Kier alpha value is -2.57. The summed E-state index contributed by atoms with van der Waals surface area (Å²) in [6.45, 7) is 9.62. The van der Waals surface area contributed by atoms with E-state index in [-0.39, 0.29) is 11.7 Å². The molecule has 0 saturated carbocycles. The van der Waals surface area contributed by atoms with Gasteiger partial charge in [-0.15, -0.1) is 13.2 Å². The van der Waals surface area contributed by atoms with Crippen LogP contribution in [0.2, 0.25) is 10.0 Å². The summed E-state index contributed by atoms with van der Waals surface area (Å²) in [6, 6.07) is 4.76. The normalized spacial score (nSPS) is 11.3. The molecule has 0 spiro atoms. The van der Waals surface area contributed by atoms with Gasteiger partial charge in [0.05, 0.1) is 10.7 Å². The Morgan fingerprint density at radius 2 is 1.83 bits per heavy atom. The molecule has 3 aromatic rings. The van der Waals surface area contributed by atoms with E-state index in [1.165, 1.54) is 11.6 Å². The van der Waals surface area contributed by atoms with Gasteiger partial charge in [0.15, 0.2) is 11.2 Å². The third kappa shape index (κ3) is 3.58. The number of aryl methyl sites for hydroxylation is 1. The van der Waals surface area contributed by atoms with Gasteiger partial charge in [0.1, 0.15) is 5.82 Å². The number of hydrogen-bond acceptors (Lipinski definition) is 3. The van der Waals surface area contributed by atoms with Crippen LogP contribution in [0.15, 0.2) is 53.1 Å². The second-order valence-electron chi connectivity index (χ2n) is 6.70. The third-order valence-corrected chi connectivity index (χ3v) is 5.41. The van der Waals surface area contributed by atoms with Crippen LogP contribution in [-0.2, 0) is 13.5 Å². The predicted octanol–water partition coefficient (Wildman–Crippen LogP) is 4.45. The Bertz CT molecular complexity index is 1210. The molecule has 2 heterocycles. The molecule has 8 heteroatoms. The minimum Gasteiger partial charge on any atom is -0.318 e. The summed E-state index contributed by atoms with van der Waals surface area (Å²) >= 11 is 12.4. The van der Waals surface area contributed by atoms with E-state index in [1.807, 2.05) is 11.5 Å². The van der Waals surface area contributed by atoms with Crippen molar-refractivity contribution in [3.8, 4) is 5.69 Å². The van der Waals surface area contributed by atoms with E-state index in [0.29, 0.717) is 46.3 Å². The van der Waals surface area contributed by atoms with E-state index in [4.69, 9.17) is 23.2 Å². The van der Waals surface area contributed by atoms with E-state index < -0.39 is 11.2 Å². The van der Waals surface area contributed by atoms with Crippen LogP contribution in [0.4, 0.5) is 0 Å². The van der Waals surface area contributed by atoms with Crippen molar-refractivity contribution in [1.29, 1.82) is 0 Å². The van der Waals surface area contributed by atoms with Crippen molar-refractivity contribution < 1.29 is 0 Å². The maximum atomic E-state index is 13.1. The highest BCUT2D eigenvalue weighted by molar-refractivity contribution is 6.35. The average Bonchev–Trinajstić information content (AvgIpc) is 3.07. The molecular formula is C21H22Cl2N4O2. The first kappa shape index (κ1) is 21.1. The smallest absolute Gasteiger partial charge is 0.318 e. The van der Waals surface area contributed by atoms with Crippen molar-refractivity contribution in [2.24, 2.45) is 7.05 Å². The number of aromatic nitrogens is 4. The van der Waals surface area contributed by atoms with Crippen LogP contribution in [-0.4, -0.2) is 18.7 Å². The topological polar surface area (TPSA) is 61.8 Å². The summed E-state index contributed by atoms with van der Waals surface area (Å²) in [7, 11) is 1.45. The molecule has 0 bridgehead atoms. The van der Waals surface area contributed by atoms with Gasteiger partial charge in [-0.05, 0) is 31.0 Å². The Morgan fingerprint density at radius 1 is 1.17 bits per heavy atom. The van der Waals surface area contributed by atoms with Gasteiger partial charge >= 0.3 is 5.69 Å². The third-order valence-electron chi connectivity index (χ3n) is 4.87. The second kappa shape index (κ2) is 8.43. The maximum Gasteiger partial charge on any atom is 0.337 e. The minimum absolute atomic E-state index is 0.0794. The highest BCUT2D eigenvalue weighted by Gasteiger charge is 2.24. The van der Waals surface area contributed by atoms with E-state index in [2.05, 4.69) is 18.1 Å². The molecule has 0 radical (unpaired) electrons. The molecule has 0 atom stereocenters. The molecule has 0 unspecified atom stereocenters. The van der Waals surface area contributed by atoms with Crippen molar-refractivity contribution in [1.82, 2.24) is 18.7 Å². The molecule has 0 saturated heterocycles. The first-order chi connectivity index (χ1) is 13.8. The maximum absolute atomic E-state index is 13.1. The minimum atomic E-state index is -0.525. The monoisotopic (exact) mass is 432 g/mol. The van der Waals surface area contributed by atoms with Gasteiger partial charge in [-0.3, -0.25) is 9.36 Å². The largest absolute Gasteiger partial charge is 0.337 e. The molecule has 0 aliphatic carbocycles. The van der Waals surface area contributed by atoms with Gasteiger partial charge in [-0.1, -0.05) is 42.3 Å². The molecule has 0 fully saturated rings. The Kier molecular flexibility index (Phi) is 6.15. The van der Waals surface area contributed by atoms with Crippen LogP contribution in [0.5, 0.6) is 0 Å². The lowest BCUT2D eigenvalue weighted by Crippen LogP contribution is -2.38. The number of rotatable bonds is 7. The number of fused-ring (bicyclic) bond motifs is 1. The van der Waals surface area contributed by atoms with E-state index in [0.717, 1.165) is 4.57 Å². The zero-order valence-corrected chi connectivity index (χ0v) is 17.9. The van der Waals surface area contributed by atoms with Crippen molar-refractivity contribution in [3.05, 3.63) is 80.2 Å². The molecule has 2 aromatic heterocycles. The van der Waals surface area contributed by atoms with Crippen LogP contribution in [0.1, 0.15) is 31.6 Å². The second-order valence-corrected chi connectivity index (χ2v) is 7.55. The fraction of sp³-hybridized carbons (Fsp3) is 0.286. The summed E-state index contributed by atoms with van der Waals surface area (Å²) in [5.41, 5.74) is 0.110. The van der Waals surface area contributed by atoms with Crippen LogP contribution in [0.25, 0.3) is 16.9 Å². The molecule has 29 heavy (non-hydrogen) atoms. The summed E-state index contributed by atoms with van der Waals surface area (Å²) in [5.74, 6) is 0.704. The summed E-state index contributed by atoms with van der Waals surface area (Å²) < 4.78 is 4.34. The number of hydrogen-bond donors (Lipinski definition) is 0. The first-order valence-electron chi connectivity index (χ1n) is 9.25. The van der Waals surface area contributed by atoms with Crippen molar-refractivity contribution >= 4 is 34.4 Å². The van der Waals surface area contributed by atoms with Gasteiger partial charge in [0.2, 0.25) is 0 Å². The lowest BCUT2D eigenvalue weighted by molar-refractivity contribution is 0.506. The number of allylic oxidation sites excluding steroid dienone is 2. The fourth-order valence-corrected chi connectivity index (χ4v) is 4.01. The Labute approximate surface area is 178 Å². The van der Waals surface area contributed by atoms with E-state index in [9.17, 15) is 9.59 Å². The van der Waals surface area contributed by atoms with Crippen molar-refractivity contribution in [2.75, 3.05) is 0 Å². The molecular weight excluding hydrogens is 411 g/mol. The molecule has 1 aromatic carbocycles. The van der Waals surface area contributed by atoms with Gasteiger partial charge in [-0.25, -0.2) is 14.3 Å². The van der Waals surface area contributed by atoms with Gasteiger partial charge < -0.3 is 4.57 Å². The van der Waals surface area contributed by atoms with Crippen LogP contribution in [0.3, 0.4) is 0 Å². The molecule has 3 rings (SSSR count). The van der Waals surface area contributed by atoms with E-state index >= 15 is 0 Å². The first-order valence-corrected chi connectivity index (χ1v) is 10.0. The Morgan fingerprint density at radius 3 is 2.38 bits per heavy atom. The van der Waals surface area contributed by atoms with Crippen molar-refractivity contribution in [3.63, 3.8) is 0 Å². The Balaban J connectivity index is 2.50. The quantitative estimate of drug-likeness (QED) is 0.518. The number of benzene rings is 1. The van der Waals surface area contributed by atoms with Gasteiger partial charge in [-0.2, -0.15) is 0 Å². The lowest BCUT2D eigenvalue weighted by Gasteiger charge is -2.19. The predicted molar refractivity (Wildman–Crippen MR) is 119 cm³/mol. The SMILES string of the molecule is C=CCC(CC=C)n1c(CC)nc2c1c(=O)n(C)c(=O)n2-c1ccc(Cl)cc1Cl. The van der Waals surface area contributed by atoms with Crippen LogP contribution in [0, 0.1) is 0 Å². The molecule has 0 aliphatic rings.